The zero-order chi connectivity index (χ0) is 16.5. The maximum atomic E-state index is 12.3. The number of nitrogens with zero attached hydrogens (tertiary/aromatic N) is 3. The summed E-state index contributed by atoms with van der Waals surface area (Å²) in [5.41, 5.74) is 2.75. The molecule has 6 heteroatoms. The van der Waals surface area contributed by atoms with Gasteiger partial charge >= 0.3 is 0 Å². The van der Waals surface area contributed by atoms with Crippen LogP contribution in [0.3, 0.4) is 0 Å². The van der Waals surface area contributed by atoms with Crippen molar-refractivity contribution in [2.75, 3.05) is 0 Å². The van der Waals surface area contributed by atoms with Crippen molar-refractivity contribution >= 4 is 5.91 Å². The third-order valence-corrected chi connectivity index (χ3v) is 4.86. The van der Waals surface area contributed by atoms with E-state index in [4.69, 9.17) is 4.74 Å². The minimum atomic E-state index is -0.537. The molecule has 1 aromatic carbocycles. The first-order valence-corrected chi connectivity index (χ1v) is 8.68. The number of ether oxygens (including phenoxy) is 1. The Bertz CT molecular complexity index is 768. The van der Waals surface area contributed by atoms with Crippen molar-refractivity contribution in [3.8, 4) is 5.75 Å². The fourth-order valence-electron chi connectivity index (χ4n) is 3.53. The zero-order valence-corrected chi connectivity index (χ0v) is 13.9. The fourth-order valence-corrected chi connectivity index (χ4v) is 3.53. The van der Waals surface area contributed by atoms with E-state index >= 15 is 0 Å². The second kappa shape index (κ2) is 6.26. The van der Waals surface area contributed by atoms with E-state index < -0.39 is 6.10 Å². The smallest absolute Gasteiger partial charge is 0.261 e. The molecule has 0 saturated heterocycles. The summed E-state index contributed by atoms with van der Waals surface area (Å²) in [5.74, 6) is 2.47. The van der Waals surface area contributed by atoms with Crippen LogP contribution < -0.4 is 10.1 Å². The Morgan fingerprint density at radius 1 is 1.25 bits per heavy atom. The molecule has 1 atom stereocenters. The van der Waals surface area contributed by atoms with Gasteiger partial charge in [0.05, 0.1) is 6.54 Å². The molecule has 0 unspecified atom stereocenters. The van der Waals surface area contributed by atoms with Crippen molar-refractivity contribution < 1.29 is 9.53 Å². The number of fused-ring (bicyclic) bond motifs is 2. The minimum absolute atomic E-state index is 0.133. The standard InChI is InChI=1S/C18H22N4O2/c1-12(24-15-8-7-13-4-2-5-14(13)10-15)18(23)19-11-17-21-20-16-6-3-9-22(16)17/h7-8,10,12H,2-6,9,11H2,1H3,(H,19,23)/t12-/m0/s1. The van der Waals surface area contributed by atoms with Gasteiger partial charge in [-0.05, 0) is 55.9 Å². The maximum absolute atomic E-state index is 12.3. The fraction of sp³-hybridized carbons (Fsp3) is 0.500. The van der Waals surface area contributed by atoms with Crippen LogP contribution in [0.5, 0.6) is 5.75 Å². The molecule has 6 nitrogen and oxygen atoms in total. The molecule has 0 saturated carbocycles. The summed E-state index contributed by atoms with van der Waals surface area (Å²) in [6.07, 6.45) is 4.99. The van der Waals surface area contributed by atoms with Crippen molar-refractivity contribution in [1.29, 1.82) is 0 Å². The lowest BCUT2D eigenvalue weighted by Gasteiger charge is -2.15. The molecule has 24 heavy (non-hydrogen) atoms. The average Bonchev–Trinajstić information content (AvgIpc) is 3.29. The Kier molecular flexibility index (Phi) is 3.96. The molecule has 2 aliphatic rings. The number of hydrogen-bond acceptors (Lipinski definition) is 4. The molecule has 2 heterocycles. The Labute approximate surface area is 141 Å². The van der Waals surface area contributed by atoms with Gasteiger partial charge in [-0.25, -0.2) is 0 Å². The molecule has 0 fully saturated rings. The van der Waals surface area contributed by atoms with E-state index in [1.54, 1.807) is 6.92 Å². The van der Waals surface area contributed by atoms with Gasteiger partial charge in [0.25, 0.3) is 5.91 Å². The van der Waals surface area contributed by atoms with Crippen molar-refractivity contribution in [3.63, 3.8) is 0 Å². The van der Waals surface area contributed by atoms with E-state index in [0.717, 1.165) is 49.6 Å². The zero-order valence-electron chi connectivity index (χ0n) is 13.9. The molecule has 1 aliphatic heterocycles. The minimum Gasteiger partial charge on any atom is -0.481 e. The third kappa shape index (κ3) is 2.88. The number of carbonyl (C=O) groups excluding carboxylic acids is 1. The largest absolute Gasteiger partial charge is 0.481 e. The molecule has 1 aromatic heterocycles. The lowest BCUT2D eigenvalue weighted by atomic mass is 10.1. The van der Waals surface area contributed by atoms with Crippen LogP contribution in [-0.2, 0) is 37.1 Å². The van der Waals surface area contributed by atoms with Crippen LogP contribution in [0.1, 0.15) is 42.5 Å². The first kappa shape index (κ1) is 15.2. The van der Waals surface area contributed by atoms with Crippen LogP contribution >= 0.6 is 0 Å². The molecule has 126 valence electrons. The number of nitrogens with one attached hydrogen (secondary N) is 1. The number of hydrogen-bond donors (Lipinski definition) is 1. The van der Waals surface area contributed by atoms with Gasteiger partial charge in [0, 0.05) is 13.0 Å². The summed E-state index contributed by atoms with van der Waals surface area (Å²) in [5, 5.41) is 11.2. The van der Waals surface area contributed by atoms with Crippen LogP contribution in [0.2, 0.25) is 0 Å². The van der Waals surface area contributed by atoms with E-state index in [1.165, 1.54) is 17.5 Å². The van der Waals surface area contributed by atoms with Crippen LogP contribution in [0.4, 0.5) is 0 Å². The highest BCUT2D eigenvalue weighted by atomic mass is 16.5. The van der Waals surface area contributed by atoms with Crippen LogP contribution in [0.25, 0.3) is 0 Å². The van der Waals surface area contributed by atoms with Crippen LogP contribution in [-0.4, -0.2) is 26.8 Å². The molecule has 0 bridgehead atoms. The van der Waals surface area contributed by atoms with Gasteiger partial charge in [0.2, 0.25) is 0 Å². The first-order valence-electron chi connectivity index (χ1n) is 8.68. The number of aromatic nitrogens is 3. The quantitative estimate of drug-likeness (QED) is 0.909. The van der Waals surface area contributed by atoms with Gasteiger partial charge in [0.1, 0.15) is 11.6 Å². The summed E-state index contributed by atoms with van der Waals surface area (Å²) in [6.45, 7) is 3.11. The highest BCUT2D eigenvalue weighted by molar-refractivity contribution is 5.80. The average molecular weight is 326 g/mol. The summed E-state index contributed by atoms with van der Waals surface area (Å²) >= 11 is 0. The molecule has 1 amide bonds. The van der Waals surface area contributed by atoms with Crippen molar-refractivity contribution in [1.82, 2.24) is 20.1 Å². The Morgan fingerprint density at radius 2 is 2.12 bits per heavy atom. The highest BCUT2D eigenvalue weighted by Crippen LogP contribution is 2.26. The molecule has 0 radical (unpaired) electrons. The third-order valence-electron chi connectivity index (χ3n) is 4.86. The van der Waals surface area contributed by atoms with Gasteiger partial charge in [-0.1, -0.05) is 6.07 Å². The summed E-state index contributed by atoms with van der Waals surface area (Å²) in [4.78, 5) is 12.3. The van der Waals surface area contributed by atoms with E-state index in [0.29, 0.717) is 6.54 Å². The van der Waals surface area contributed by atoms with Gasteiger partial charge in [-0.3, -0.25) is 4.79 Å². The van der Waals surface area contributed by atoms with Crippen molar-refractivity contribution in [2.24, 2.45) is 0 Å². The normalized spacial score (nSPS) is 16.5. The lowest BCUT2D eigenvalue weighted by molar-refractivity contribution is -0.127. The molecular formula is C18H22N4O2. The van der Waals surface area contributed by atoms with Gasteiger partial charge < -0.3 is 14.6 Å². The second-order valence-corrected chi connectivity index (χ2v) is 6.55. The van der Waals surface area contributed by atoms with Gasteiger partial charge in [0.15, 0.2) is 11.9 Å². The number of amides is 1. The predicted molar refractivity (Wildman–Crippen MR) is 88.7 cm³/mol. The number of aryl methyl sites for hydroxylation is 3. The van der Waals surface area contributed by atoms with E-state index in [2.05, 4.69) is 32.2 Å². The van der Waals surface area contributed by atoms with E-state index in [1.807, 2.05) is 6.07 Å². The predicted octanol–water partition coefficient (Wildman–Crippen LogP) is 1.80. The van der Waals surface area contributed by atoms with Crippen molar-refractivity contribution in [3.05, 3.63) is 41.0 Å². The van der Waals surface area contributed by atoms with Crippen molar-refractivity contribution in [2.45, 2.75) is 58.2 Å². The van der Waals surface area contributed by atoms with E-state index in [9.17, 15) is 4.79 Å². The molecular weight excluding hydrogens is 304 g/mol. The highest BCUT2D eigenvalue weighted by Gasteiger charge is 2.20. The summed E-state index contributed by atoms with van der Waals surface area (Å²) in [7, 11) is 0. The first-order chi connectivity index (χ1) is 11.7. The van der Waals surface area contributed by atoms with E-state index in [-0.39, 0.29) is 5.91 Å². The summed E-state index contributed by atoms with van der Waals surface area (Å²) < 4.78 is 7.90. The number of rotatable bonds is 5. The van der Waals surface area contributed by atoms with Crippen LogP contribution in [0, 0.1) is 0 Å². The second-order valence-electron chi connectivity index (χ2n) is 6.55. The topological polar surface area (TPSA) is 69.0 Å². The number of benzene rings is 1. The maximum Gasteiger partial charge on any atom is 0.261 e. The van der Waals surface area contributed by atoms with Crippen LogP contribution in [0.15, 0.2) is 18.2 Å². The van der Waals surface area contributed by atoms with Gasteiger partial charge in [-0.15, -0.1) is 10.2 Å². The molecule has 2 aromatic rings. The Hall–Kier alpha value is -2.37. The molecule has 4 rings (SSSR count). The Balaban J connectivity index is 1.34. The molecule has 1 N–H and O–H groups in total. The SMILES string of the molecule is C[C@H](Oc1ccc2c(c1)CCC2)C(=O)NCc1nnc2n1CCC2. The van der Waals surface area contributed by atoms with Gasteiger partial charge in [-0.2, -0.15) is 0 Å². The number of carbonyl (C=O) groups is 1. The molecule has 0 spiro atoms. The monoisotopic (exact) mass is 326 g/mol. The lowest BCUT2D eigenvalue weighted by Crippen LogP contribution is -2.36. The summed E-state index contributed by atoms with van der Waals surface area (Å²) in [6, 6.07) is 6.14. The Morgan fingerprint density at radius 3 is 3.04 bits per heavy atom. The molecule has 1 aliphatic carbocycles.